The lowest BCUT2D eigenvalue weighted by Crippen LogP contribution is -2.25. The van der Waals surface area contributed by atoms with Gasteiger partial charge in [0, 0.05) is 23.5 Å². The second-order valence-electron chi connectivity index (χ2n) is 6.47. The molecular weight excluding hydrogens is 306 g/mol. The minimum atomic E-state index is -0.336. The molecule has 3 aromatic rings. The van der Waals surface area contributed by atoms with E-state index in [1.54, 1.807) is 7.11 Å². The van der Waals surface area contributed by atoms with Crippen LogP contribution in [0.15, 0.2) is 33.6 Å². The minimum Gasteiger partial charge on any atom is -0.497 e. The van der Waals surface area contributed by atoms with E-state index in [-0.39, 0.29) is 5.76 Å². The molecule has 0 atom stereocenters. The van der Waals surface area contributed by atoms with Crippen LogP contribution in [0, 0.1) is 5.92 Å². The maximum absolute atomic E-state index is 11.9. The van der Waals surface area contributed by atoms with Crippen LogP contribution < -0.4 is 10.5 Å². The van der Waals surface area contributed by atoms with E-state index >= 15 is 0 Å². The monoisotopic (exact) mass is 327 g/mol. The Kier molecular flexibility index (Phi) is 3.88. The van der Waals surface area contributed by atoms with Gasteiger partial charge in [-0.15, -0.1) is 5.10 Å². The summed E-state index contributed by atoms with van der Waals surface area (Å²) in [6.45, 7) is 0.687. The van der Waals surface area contributed by atoms with Crippen molar-refractivity contribution >= 4 is 10.9 Å². The van der Waals surface area contributed by atoms with Gasteiger partial charge in [0.25, 0.3) is 0 Å². The van der Waals surface area contributed by atoms with E-state index in [2.05, 4.69) is 10.1 Å². The van der Waals surface area contributed by atoms with Crippen molar-refractivity contribution in [2.75, 3.05) is 7.11 Å². The number of hydrogen-bond donors (Lipinski definition) is 1. The largest absolute Gasteiger partial charge is 0.497 e. The molecule has 0 amide bonds. The summed E-state index contributed by atoms with van der Waals surface area (Å²) in [5.74, 6) is 1.59. The summed E-state index contributed by atoms with van der Waals surface area (Å²) >= 11 is 0. The smallest absolute Gasteiger partial charge is 0.437 e. The third-order valence-electron chi connectivity index (χ3n) is 4.89. The molecule has 1 fully saturated rings. The lowest BCUT2D eigenvalue weighted by molar-refractivity contribution is 0.259. The van der Waals surface area contributed by atoms with Gasteiger partial charge in [-0.05, 0) is 48.9 Å². The summed E-state index contributed by atoms with van der Waals surface area (Å²) in [5.41, 5.74) is 2.24. The molecule has 0 saturated heterocycles. The van der Waals surface area contributed by atoms with Crippen LogP contribution in [0.2, 0.25) is 0 Å². The van der Waals surface area contributed by atoms with Crippen LogP contribution in [0.25, 0.3) is 10.9 Å². The molecule has 1 aromatic carbocycles. The topological polar surface area (TPSA) is 73.0 Å². The van der Waals surface area contributed by atoms with Gasteiger partial charge in [0.15, 0.2) is 0 Å². The fourth-order valence-electron chi connectivity index (χ4n) is 3.22. The van der Waals surface area contributed by atoms with Crippen molar-refractivity contribution in [3.63, 3.8) is 0 Å². The number of benzene rings is 1. The predicted octanol–water partition coefficient (Wildman–Crippen LogP) is 2.91. The summed E-state index contributed by atoms with van der Waals surface area (Å²) in [4.78, 5) is 15.1. The summed E-state index contributed by atoms with van der Waals surface area (Å²) < 4.78 is 12.1. The van der Waals surface area contributed by atoms with E-state index in [1.807, 2.05) is 24.4 Å². The fourth-order valence-corrected chi connectivity index (χ4v) is 3.22. The van der Waals surface area contributed by atoms with E-state index in [0.717, 1.165) is 23.1 Å². The zero-order chi connectivity index (χ0) is 16.5. The van der Waals surface area contributed by atoms with Crippen molar-refractivity contribution in [1.29, 1.82) is 0 Å². The number of nitrogens with zero attached hydrogens (tertiary/aromatic N) is 2. The predicted molar refractivity (Wildman–Crippen MR) is 90.4 cm³/mol. The standard InChI is InChI=1S/C18H21N3O3/c1-23-14-6-7-16-15(9-14)13(10-19-16)5-8-17-20-21(18(22)24-17)11-12-3-2-4-12/h6-7,9-10,12,19H,2-5,8,11H2,1H3. The molecule has 0 bridgehead atoms. The molecule has 126 valence electrons. The number of nitrogens with one attached hydrogen (secondary N) is 1. The number of ether oxygens (including phenoxy) is 1. The minimum absolute atomic E-state index is 0.336. The molecular formula is C18H21N3O3. The van der Waals surface area contributed by atoms with Gasteiger partial charge < -0.3 is 14.1 Å². The van der Waals surface area contributed by atoms with Gasteiger partial charge in [0.05, 0.1) is 13.7 Å². The Hall–Kier alpha value is -2.50. The third kappa shape index (κ3) is 2.84. The molecule has 0 radical (unpaired) electrons. The summed E-state index contributed by atoms with van der Waals surface area (Å²) in [6.07, 6.45) is 6.99. The number of aryl methyl sites for hydroxylation is 2. The maximum Gasteiger partial charge on any atom is 0.437 e. The molecule has 0 aliphatic heterocycles. The summed E-state index contributed by atoms with van der Waals surface area (Å²) in [7, 11) is 1.66. The third-order valence-corrected chi connectivity index (χ3v) is 4.89. The highest BCUT2D eigenvalue weighted by atomic mass is 16.5. The van der Waals surface area contributed by atoms with Crippen LogP contribution in [0.1, 0.15) is 30.7 Å². The molecule has 6 heteroatoms. The van der Waals surface area contributed by atoms with E-state index in [1.165, 1.54) is 29.5 Å². The number of methoxy groups -OCH3 is 1. The number of aromatic nitrogens is 3. The van der Waals surface area contributed by atoms with E-state index in [4.69, 9.17) is 9.15 Å². The lowest BCUT2D eigenvalue weighted by atomic mass is 9.86. The fraction of sp³-hybridized carbons (Fsp3) is 0.444. The summed E-state index contributed by atoms with van der Waals surface area (Å²) in [6, 6.07) is 5.96. The first-order valence-corrected chi connectivity index (χ1v) is 8.44. The molecule has 0 spiro atoms. The molecule has 2 aromatic heterocycles. The van der Waals surface area contributed by atoms with Crippen molar-refractivity contribution in [1.82, 2.24) is 14.8 Å². The molecule has 1 aliphatic rings. The Bertz CT molecular complexity index is 902. The van der Waals surface area contributed by atoms with E-state index in [0.29, 0.717) is 24.8 Å². The Morgan fingerprint density at radius 3 is 3.00 bits per heavy atom. The van der Waals surface area contributed by atoms with Gasteiger partial charge >= 0.3 is 5.76 Å². The number of aromatic amines is 1. The Morgan fingerprint density at radius 1 is 1.38 bits per heavy atom. The molecule has 4 rings (SSSR count). The van der Waals surface area contributed by atoms with Gasteiger partial charge in [-0.1, -0.05) is 6.42 Å². The van der Waals surface area contributed by atoms with Crippen LogP contribution >= 0.6 is 0 Å². The van der Waals surface area contributed by atoms with E-state index < -0.39 is 0 Å². The lowest BCUT2D eigenvalue weighted by Gasteiger charge is -2.23. The molecule has 2 heterocycles. The van der Waals surface area contributed by atoms with Crippen molar-refractivity contribution < 1.29 is 9.15 Å². The molecule has 1 aliphatic carbocycles. The first-order valence-electron chi connectivity index (χ1n) is 8.44. The van der Waals surface area contributed by atoms with Gasteiger partial charge in [-0.2, -0.15) is 4.68 Å². The second kappa shape index (κ2) is 6.19. The highest BCUT2D eigenvalue weighted by Gasteiger charge is 2.20. The van der Waals surface area contributed by atoms with Gasteiger partial charge in [0.2, 0.25) is 5.89 Å². The SMILES string of the molecule is COc1ccc2[nH]cc(CCc3nn(CC4CCC4)c(=O)o3)c2c1. The van der Waals surface area contributed by atoms with Crippen LogP contribution in [-0.2, 0) is 19.4 Å². The number of H-pyrrole nitrogens is 1. The number of fused-ring (bicyclic) bond motifs is 1. The van der Waals surface area contributed by atoms with Crippen LogP contribution in [0.5, 0.6) is 5.75 Å². The van der Waals surface area contributed by atoms with Crippen LogP contribution in [0.4, 0.5) is 0 Å². The van der Waals surface area contributed by atoms with Gasteiger partial charge in [-0.25, -0.2) is 4.79 Å². The molecule has 6 nitrogen and oxygen atoms in total. The van der Waals surface area contributed by atoms with Crippen LogP contribution in [0.3, 0.4) is 0 Å². The first kappa shape index (κ1) is 15.1. The average molecular weight is 327 g/mol. The average Bonchev–Trinajstić information content (AvgIpc) is 3.11. The van der Waals surface area contributed by atoms with Crippen molar-refractivity contribution in [2.24, 2.45) is 5.92 Å². The van der Waals surface area contributed by atoms with Gasteiger partial charge in [-0.3, -0.25) is 0 Å². The molecule has 0 unspecified atom stereocenters. The Balaban J connectivity index is 1.48. The molecule has 24 heavy (non-hydrogen) atoms. The zero-order valence-electron chi connectivity index (χ0n) is 13.7. The maximum atomic E-state index is 11.9. The van der Waals surface area contributed by atoms with Gasteiger partial charge in [0.1, 0.15) is 5.75 Å². The quantitative estimate of drug-likeness (QED) is 0.755. The van der Waals surface area contributed by atoms with Crippen molar-refractivity contribution in [2.45, 2.75) is 38.6 Å². The Labute approximate surface area is 139 Å². The zero-order valence-corrected chi connectivity index (χ0v) is 13.7. The number of rotatable bonds is 6. The molecule has 1 N–H and O–H groups in total. The van der Waals surface area contributed by atoms with Crippen molar-refractivity contribution in [3.05, 3.63) is 46.4 Å². The summed E-state index contributed by atoms with van der Waals surface area (Å²) in [5, 5.41) is 5.48. The second-order valence-corrected chi connectivity index (χ2v) is 6.47. The Morgan fingerprint density at radius 2 is 2.25 bits per heavy atom. The van der Waals surface area contributed by atoms with E-state index in [9.17, 15) is 4.79 Å². The highest BCUT2D eigenvalue weighted by Crippen LogP contribution is 2.27. The first-order chi connectivity index (χ1) is 11.7. The number of hydrogen-bond acceptors (Lipinski definition) is 4. The highest BCUT2D eigenvalue weighted by molar-refractivity contribution is 5.84. The normalized spacial score (nSPS) is 14.9. The van der Waals surface area contributed by atoms with Crippen molar-refractivity contribution in [3.8, 4) is 5.75 Å². The van der Waals surface area contributed by atoms with Crippen LogP contribution in [-0.4, -0.2) is 21.9 Å². The molecule has 1 saturated carbocycles.